The lowest BCUT2D eigenvalue weighted by Gasteiger charge is -2.39. The van der Waals surface area contributed by atoms with Crippen molar-refractivity contribution in [3.63, 3.8) is 0 Å². The van der Waals surface area contributed by atoms with Crippen LogP contribution in [0.3, 0.4) is 0 Å². The summed E-state index contributed by atoms with van der Waals surface area (Å²) < 4.78 is 11.9. The summed E-state index contributed by atoms with van der Waals surface area (Å²) in [5.74, 6) is 0.342. The van der Waals surface area contributed by atoms with Crippen LogP contribution in [0, 0.1) is 5.41 Å². The zero-order valence-electron chi connectivity index (χ0n) is 18.5. The second-order valence-corrected chi connectivity index (χ2v) is 9.65. The molecule has 3 aromatic rings. The van der Waals surface area contributed by atoms with Gasteiger partial charge in [0.05, 0.1) is 23.2 Å². The number of rotatable bonds is 2. The van der Waals surface area contributed by atoms with Crippen LogP contribution in [-0.2, 0) is 9.53 Å². The Kier molecular flexibility index (Phi) is 4.27. The van der Waals surface area contributed by atoms with Gasteiger partial charge < -0.3 is 19.4 Å². The fourth-order valence-electron chi connectivity index (χ4n) is 5.33. The van der Waals surface area contributed by atoms with Gasteiger partial charge in [-0.25, -0.2) is 4.79 Å². The van der Waals surface area contributed by atoms with E-state index in [0.717, 1.165) is 29.1 Å². The van der Waals surface area contributed by atoms with E-state index < -0.39 is 12.3 Å². The molecule has 0 radical (unpaired) electrons. The molecule has 3 heterocycles. The predicted octanol–water partition coefficient (Wildman–Crippen LogP) is 5.77. The highest BCUT2D eigenvalue weighted by atomic mass is 16.6. The number of anilines is 2. The van der Waals surface area contributed by atoms with Gasteiger partial charge in [-0.3, -0.25) is 4.79 Å². The quantitative estimate of drug-likeness (QED) is 0.511. The third kappa shape index (κ3) is 3.09. The van der Waals surface area contributed by atoms with E-state index in [1.165, 1.54) is 0 Å². The van der Waals surface area contributed by atoms with Gasteiger partial charge in [0.1, 0.15) is 11.8 Å². The molecule has 1 N–H and O–H groups in total. The number of allylic oxidation sites excluding steroid dienone is 1. The van der Waals surface area contributed by atoms with E-state index in [-0.39, 0.29) is 17.2 Å². The van der Waals surface area contributed by atoms with Gasteiger partial charge in [0.2, 0.25) is 6.23 Å². The summed E-state index contributed by atoms with van der Waals surface area (Å²) >= 11 is 0. The number of carbonyl (C=O) groups is 2. The number of cyclic esters (lactones) is 1. The Morgan fingerprint density at radius 3 is 2.58 bits per heavy atom. The number of furan rings is 1. The topological polar surface area (TPSA) is 71.8 Å². The average Bonchev–Trinajstić information content (AvgIpc) is 3.39. The first kappa shape index (κ1) is 19.9. The minimum Gasteiger partial charge on any atom is -0.467 e. The third-order valence-electron chi connectivity index (χ3n) is 6.67. The molecule has 0 amide bonds. The summed E-state index contributed by atoms with van der Waals surface area (Å²) in [7, 11) is 0. The number of hydrogen-bond donors (Lipinski definition) is 1. The van der Waals surface area contributed by atoms with Gasteiger partial charge in [-0.2, -0.15) is 0 Å². The second kappa shape index (κ2) is 7.10. The smallest absolute Gasteiger partial charge is 0.340 e. The fraction of sp³-hybridized carbons (Fsp3) is 0.259. The van der Waals surface area contributed by atoms with Gasteiger partial charge in [0.25, 0.3) is 0 Å². The maximum absolute atomic E-state index is 13.6. The highest BCUT2D eigenvalue weighted by molar-refractivity contribution is 6.01. The molecule has 0 spiro atoms. The molecule has 0 saturated carbocycles. The molecule has 6 heteroatoms. The maximum Gasteiger partial charge on any atom is 0.340 e. The number of para-hydroxylation sites is 2. The number of ether oxygens (including phenoxy) is 1. The molecule has 2 aliphatic heterocycles. The number of esters is 1. The van der Waals surface area contributed by atoms with Crippen molar-refractivity contribution in [2.24, 2.45) is 5.41 Å². The standard InChI is InChI=1S/C27H24N2O4/c1-27(2)14-19-23(21(30)15-27)24(22-12-7-13-32-22)29(20-11-6-5-10-18(20)28-19)25-16-8-3-4-9-17(16)26(31)33-25/h3-13,24-25,28H,14-15H2,1-2H3/t24-,25+/m0/s1. The molecule has 166 valence electrons. The number of hydrogen-bond acceptors (Lipinski definition) is 6. The van der Waals surface area contributed by atoms with Crippen LogP contribution in [-0.4, -0.2) is 11.8 Å². The van der Waals surface area contributed by atoms with Gasteiger partial charge in [0, 0.05) is 23.3 Å². The number of Topliss-reactive ketones (excluding diaryl/α,β-unsaturated/α-hetero) is 1. The molecule has 6 rings (SSSR count). The van der Waals surface area contributed by atoms with Crippen LogP contribution in [0.5, 0.6) is 0 Å². The van der Waals surface area contributed by atoms with E-state index in [1.54, 1.807) is 12.3 Å². The third-order valence-corrected chi connectivity index (χ3v) is 6.67. The normalized spacial score (nSPS) is 23.3. The first-order valence-corrected chi connectivity index (χ1v) is 11.2. The van der Waals surface area contributed by atoms with Gasteiger partial charge in [-0.15, -0.1) is 0 Å². The van der Waals surface area contributed by atoms with Crippen LogP contribution in [0.1, 0.15) is 60.6 Å². The highest BCUT2D eigenvalue weighted by Crippen LogP contribution is 2.52. The zero-order valence-corrected chi connectivity index (χ0v) is 18.5. The van der Waals surface area contributed by atoms with Gasteiger partial charge in [-0.1, -0.05) is 44.2 Å². The number of ketones is 1. The summed E-state index contributed by atoms with van der Waals surface area (Å²) in [5, 5.41) is 3.56. The molecular weight excluding hydrogens is 416 g/mol. The second-order valence-electron chi connectivity index (χ2n) is 9.65. The number of nitrogens with zero attached hydrogens (tertiary/aromatic N) is 1. The predicted molar refractivity (Wildman–Crippen MR) is 124 cm³/mol. The van der Waals surface area contributed by atoms with Crippen LogP contribution >= 0.6 is 0 Å². The van der Waals surface area contributed by atoms with Crippen molar-refractivity contribution in [2.45, 2.75) is 39.0 Å². The van der Waals surface area contributed by atoms with Crippen molar-refractivity contribution in [3.8, 4) is 0 Å². The van der Waals surface area contributed by atoms with Crippen molar-refractivity contribution in [1.82, 2.24) is 0 Å². The molecule has 2 aromatic carbocycles. The van der Waals surface area contributed by atoms with E-state index >= 15 is 0 Å². The Labute approximate surface area is 191 Å². The van der Waals surface area contributed by atoms with E-state index in [0.29, 0.717) is 23.3 Å². The van der Waals surface area contributed by atoms with Crippen LogP contribution < -0.4 is 10.2 Å². The number of nitrogens with one attached hydrogen (secondary N) is 1. The molecule has 0 saturated heterocycles. The summed E-state index contributed by atoms with van der Waals surface area (Å²) in [6.07, 6.45) is 2.09. The van der Waals surface area contributed by atoms with Gasteiger partial charge >= 0.3 is 5.97 Å². The van der Waals surface area contributed by atoms with Gasteiger partial charge in [0.15, 0.2) is 5.78 Å². The van der Waals surface area contributed by atoms with Crippen molar-refractivity contribution in [2.75, 3.05) is 10.2 Å². The number of fused-ring (bicyclic) bond motifs is 2. The van der Waals surface area contributed by atoms with Crippen molar-refractivity contribution < 1.29 is 18.7 Å². The Bertz CT molecular complexity index is 1310. The molecule has 1 aliphatic carbocycles. The highest BCUT2D eigenvalue weighted by Gasteiger charge is 2.47. The number of benzene rings is 2. The Morgan fingerprint density at radius 1 is 0.970 bits per heavy atom. The number of carbonyl (C=O) groups excluding carboxylic acids is 2. The minimum atomic E-state index is -0.693. The first-order chi connectivity index (χ1) is 15.9. The molecule has 3 aliphatic rings. The molecule has 1 aromatic heterocycles. The first-order valence-electron chi connectivity index (χ1n) is 11.2. The Balaban J connectivity index is 1.63. The average molecular weight is 440 g/mol. The largest absolute Gasteiger partial charge is 0.467 e. The van der Waals surface area contributed by atoms with E-state index in [2.05, 4.69) is 19.2 Å². The Morgan fingerprint density at radius 2 is 1.76 bits per heavy atom. The van der Waals surface area contributed by atoms with E-state index in [1.807, 2.05) is 59.5 Å². The molecule has 0 unspecified atom stereocenters. The van der Waals surface area contributed by atoms with Crippen LogP contribution in [0.25, 0.3) is 0 Å². The van der Waals surface area contributed by atoms with Crippen LogP contribution in [0.2, 0.25) is 0 Å². The minimum absolute atomic E-state index is 0.0746. The van der Waals surface area contributed by atoms with Crippen LogP contribution in [0.4, 0.5) is 11.4 Å². The van der Waals surface area contributed by atoms with E-state index in [4.69, 9.17) is 9.15 Å². The lowest BCUT2D eigenvalue weighted by molar-refractivity contribution is -0.118. The summed E-state index contributed by atoms with van der Waals surface area (Å²) in [6.45, 7) is 4.23. The van der Waals surface area contributed by atoms with E-state index in [9.17, 15) is 9.59 Å². The molecule has 6 nitrogen and oxygen atoms in total. The SMILES string of the molecule is CC1(C)CC(=O)C2=C(C1)Nc1ccccc1N([C@@H]1OC(=O)c3ccccc31)[C@H]2c1ccco1. The fourth-order valence-corrected chi connectivity index (χ4v) is 5.33. The molecule has 33 heavy (non-hydrogen) atoms. The van der Waals surface area contributed by atoms with Gasteiger partial charge in [-0.05, 0) is 42.2 Å². The maximum atomic E-state index is 13.6. The van der Waals surface area contributed by atoms with Crippen LogP contribution in [0.15, 0.2) is 82.6 Å². The zero-order chi connectivity index (χ0) is 22.7. The Hall–Kier alpha value is -3.80. The van der Waals surface area contributed by atoms with Crippen molar-refractivity contribution in [3.05, 3.63) is 95.1 Å². The summed E-state index contributed by atoms with van der Waals surface area (Å²) in [5.41, 5.74) is 4.43. The molecule has 0 bridgehead atoms. The molecule has 0 fully saturated rings. The summed E-state index contributed by atoms with van der Waals surface area (Å²) in [4.78, 5) is 28.4. The monoisotopic (exact) mass is 440 g/mol. The summed E-state index contributed by atoms with van der Waals surface area (Å²) in [6, 6.07) is 18.5. The lowest BCUT2D eigenvalue weighted by atomic mass is 9.74. The molecule has 2 atom stereocenters. The lowest BCUT2D eigenvalue weighted by Crippen LogP contribution is -2.38. The van der Waals surface area contributed by atoms with Crippen molar-refractivity contribution in [1.29, 1.82) is 0 Å². The van der Waals surface area contributed by atoms with Crippen molar-refractivity contribution >= 4 is 23.1 Å². The molecular formula is C27H24N2O4.